The average molecular weight is 516 g/mol. The van der Waals surface area contributed by atoms with Crippen LogP contribution in [0.1, 0.15) is 20.5 Å². The third-order valence-electron chi connectivity index (χ3n) is 3.75. The largest absolute Gasteiger partial charge is 0.469 e. The Morgan fingerprint density at radius 2 is 2.00 bits per heavy atom. The van der Waals surface area contributed by atoms with Gasteiger partial charge in [0.05, 0.1) is 11.3 Å². The number of nitrogens with zero attached hydrogens (tertiary/aromatic N) is 2. The van der Waals surface area contributed by atoms with E-state index in [4.69, 9.17) is 9.41 Å². The first-order valence-corrected chi connectivity index (χ1v) is 10.5. The van der Waals surface area contributed by atoms with Crippen LogP contribution in [0, 0.1) is 6.92 Å². The molecular weight excluding hydrogens is 491 g/mol. The van der Waals surface area contributed by atoms with Crippen LogP contribution in [-0.2, 0) is 19.3 Å². The first-order chi connectivity index (χ1) is 12.8. The molecule has 0 saturated carbocycles. The van der Waals surface area contributed by atoms with E-state index in [1.54, 1.807) is 28.9 Å². The van der Waals surface area contributed by atoms with Crippen molar-refractivity contribution in [2.24, 2.45) is 4.99 Å². The molecule has 3 aromatic rings. The van der Waals surface area contributed by atoms with Crippen molar-refractivity contribution in [3.8, 4) is 0 Å². The fourth-order valence-electron chi connectivity index (χ4n) is 2.47. The molecule has 27 heavy (non-hydrogen) atoms. The second kappa shape index (κ2) is 12.1. The smallest absolute Gasteiger partial charge is 0.191 e. The van der Waals surface area contributed by atoms with Gasteiger partial charge in [-0.1, -0.05) is 6.07 Å². The Morgan fingerprint density at radius 3 is 2.67 bits per heavy atom. The summed E-state index contributed by atoms with van der Waals surface area (Å²) in [4.78, 5) is 11.7. The number of rotatable bonds is 9. The lowest BCUT2D eigenvalue weighted by atomic mass is 10.3. The van der Waals surface area contributed by atoms with E-state index in [-0.39, 0.29) is 24.0 Å². The Labute approximate surface area is 185 Å². The molecule has 0 spiro atoms. The van der Waals surface area contributed by atoms with Crippen LogP contribution < -0.4 is 10.6 Å². The first kappa shape index (κ1) is 21.9. The Balaban J connectivity index is 0.00000261. The molecule has 5 nitrogen and oxygen atoms in total. The van der Waals surface area contributed by atoms with Gasteiger partial charge < -0.3 is 15.1 Å². The number of guanidine groups is 1. The van der Waals surface area contributed by atoms with Gasteiger partial charge in [0, 0.05) is 48.4 Å². The summed E-state index contributed by atoms with van der Waals surface area (Å²) in [5, 5.41) is 10.1. The molecule has 0 aliphatic rings. The van der Waals surface area contributed by atoms with Crippen LogP contribution in [0.15, 0.2) is 51.5 Å². The Bertz CT molecular complexity index is 742. The van der Waals surface area contributed by atoms with Crippen molar-refractivity contribution in [1.82, 2.24) is 15.6 Å². The van der Waals surface area contributed by atoms with Crippen molar-refractivity contribution >= 4 is 52.6 Å². The second-order valence-corrected chi connectivity index (χ2v) is 8.21. The fourth-order valence-corrected chi connectivity index (χ4v) is 3.96. The van der Waals surface area contributed by atoms with Crippen LogP contribution >= 0.6 is 46.7 Å². The van der Waals surface area contributed by atoms with Gasteiger partial charge in [0.1, 0.15) is 5.76 Å². The number of furan rings is 1. The Hall–Kier alpha value is -1.39. The van der Waals surface area contributed by atoms with Gasteiger partial charge in [-0.25, -0.2) is 4.98 Å². The number of aromatic nitrogens is 1. The molecule has 8 heteroatoms. The maximum Gasteiger partial charge on any atom is 0.191 e. The van der Waals surface area contributed by atoms with Crippen LogP contribution in [0.25, 0.3) is 0 Å². The summed E-state index contributed by atoms with van der Waals surface area (Å²) < 4.78 is 5.38. The van der Waals surface area contributed by atoms with E-state index in [1.165, 1.54) is 9.75 Å². The molecule has 3 heterocycles. The highest BCUT2D eigenvalue weighted by molar-refractivity contribution is 14.0. The van der Waals surface area contributed by atoms with Crippen LogP contribution in [0.5, 0.6) is 0 Å². The molecule has 3 aromatic heterocycles. The number of aliphatic imine (C=N–C) groups is 1. The lowest BCUT2D eigenvalue weighted by Crippen LogP contribution is -2.39. The lowest BCUT2D eigenvalue weighted by Gasteiger charge is -2.12. The Kier molecular flexibility index (Phi) is 9.85. The van der Waals surface area contributed by atoms with Crippen molar-refractivity contribution in [2.45, 2.75) is 26.2 Å². The van der Waals surface area contributed by atoms with Crippen molar-refractivity contribution in [2.75, 3.05) is 19.6 Å². The van der Waals surface area contributed by atoms with Crippen LogP contribution in [-0.4, -0.2) is 30.6 Å². The molecule has 0 bridgehead atoms. The number of nitrogens with one attached hydrogen (secondary N) is 2. The molecule has 0 unspecified atom stereocenters. The van der Waals surface area contributed by atoms with Crippen molar-refractivity contribution in [1.29, 1.82) is 0 Å². The molecule has 0 aromatic carbocycles. The minimum atomic E-state index is 0. The normalized spacial score (nSPS) is 11.2. The van der Waals surface area contributed by atoms with Gasteiger partial charge in [-0.15, -0.1) is 46.7 Å². The molecule has 0 amide bonds. The van der Waals surface area contributed by atoms with E-state index in [0.717, 1.165) is 55.6 Å². The summed E-state index contributed by atoms with van der Waals surface area (Å²) in [6.07, 6.45) is 6.34. The fraction of sp³-hybridized carbons (Fsp3) is 0.368. The van der Waals surface area contributed by atoms with Crippen LogP contribution in [0.4, 0.5) is 0 Å². The highest BCUT2D eigenvalue weighted by atomic mass is 127. The molecule has 0 atom stereocenters. The van der Waals surface area contributed by atoms with E-state index < -0.39 is 0 Å². The molecule has 0 aliphatic heterocycles. The minimum Gasteiger partial charge on any atom is -0.469 e. The van der Waals surface area contributed by atoms with E-state index in [9.17, 15) is 0 Å². The topological polar surface area (TPSA) is 62.5 Å². The third-order valence-corrected chi connectivity index (χ3v) is 5.66. The minimum absolute atomic E-state index is 0. The standard InChI is InChI=1S/C19H24N4OS2.HI/c1-15-14-23-18(26-15)8-11-22-19(20-9-6-16-4-2-12-24-16)21-10-7-17-5-3-13-25-17;/h2-5,12-14H,6-11H2,1H3,(H2,20,21,22);1H. The number of thiazole rings is 1. The number of halogens is 1. The maximum absolute atomic E-state index is 5.38. The number of aryl methyl sites for hydroxylation is 1. The highest BCUT2D eigenvalue weighted by Gasteiger charge is 2.03. The second-order valence-electron chi connectivity index (χ2n) is 5.86. The zero-order valence-electron chi connectivity index (χ0n) is 15.3. The molecular formula is C19H25IN4OS2. The van der Waals surface area contributed by atoms with Gasteiger partial charge in [-0.3, -0.25) is 4.99 Å². The zero-order valence-corrected chi connectivity index (χ0v) is 19.3. The van der Waals surface area contributed by atoms with Gasteiger partial charge in [-0.2, -0.15) is 0 Å². The van der Waals surface area contributed by atoms with E-state index in [2.05, 4.69) is 40.1 Å². The maximum atomic E-state index is 5.38. The molecule has 0 radical (unpaired) electrons. The van der Waals surface area contributed by atoms with Gasteiger partial charge in [-0.05, 0) is 36.9 Å². The predicted molar refractivity (Wildman–Crippen MR) is 125 cm³/mol. The van der Waals surface area contributed by atoms with Gasteiger partial charge in [0.15, 0.2) is 5.96 Å². The molecule has 0 fully saturated rings. The average Bonchev–Trinajstić information content (AvgIpc) is 3.38. The van der Waals surface area contributed by atoms with Crippen LogP contribution in [0.3, 0.4) is 0 Å². The zero-order chi connectivity index (χ0) is 18.0. The Morgan fingerprint density at radius 1 is 1.15 bits per heavy atom. The first-order valence-electron chi connectivity index (χ1n) is 8.78. The summed E-state index contributed by atoms with van der Waals surface area (Å²) in [7, 11) is 0. The summed E-state index contributed by atoms with van der Waals surface area (Å²) >= 11 is 3.53. The molecule has 0 saturated heterocycles. The third kappa shape index (κ3) is 8.02. The number of thiophene rings is 1. The number of hydrogen-bond acceptors (Lipinski definition) is 5. The SMILES string of the molecule is Cc1cnc(CCN=C(NCCc2ccco2)NCCc2cccs2)s1.I. The van der Waals surface area contributed by atoms with Crippen LogP contribution in [0.2, 0.25) is 0 Å². The van der Waals surface area contributed by atoms with Crippen molar-refractivity contribution < 1.29 is 4.42 Å². The molecule has 2 N–H and O–H groups in total. The molecule has 0 aliphatic carbocycles. The van der Waals surface area contributed by atoms with E-state index >= 15 is 0 Å². The quantitative estimate of drug-likeness (QED) is 0.253. The molecule has 3 rings (SSSR count). The number of hydrogen-bond donors (Lipinski definition) is 2. The molecule has 146 valence electrons. The monoisotopic (exact) mass is 516 g/mol. The lowest BCUT2D eigenvalue weighted by molar-refractivity contribution is 0.506. The predicted octanol–water partition coefficient (Wildman–Crippen LogP) is 4.29. The summed E-state index contributed by atoms with van der Waals surface area (Å²) in [5.41, 5.74) is 0. The summed E-state index contributed by atoms with van der Waals surface area (Å²) in [6, 6.07) is 8.16. The highest BCUT2D eigenvalue weighted by Crippen LogP contribution is 2.11. The van der Waals surface area contributed by atoms with Gasteiger partial charge in [0.25, 0.3) is 0 Å². The van der Waals surface area contributed by atoms with E-state index in [1.807, 2.05) is 18.3 Å². The van der Waals surface area contributed by atoms with Crippen molar-refractivity contribution in [3.05, 3.63) is 62.6 Å². The van der Waals surface area contributed by atoms with E-state index in [0.29, 0.717) is 0 Å². The van der Waals surface area contributed by atoms with Crippen molar-refractivity contribution in [3.63, 3.8) is 0 Å². The summed E-state index contributed by atoms with van der Waals surface area (Å²) in [6.45, 7) is 4.46. The summed E-state index contributed by atoms with van der Waals surface area (Å²) in [5.74, 6) is 1.83. The van der Waals surface area contributed by atoms with Gasteiger partial charge in [0.2, 0.25) is 0 Å². The van der Waals surface area contributed by atoms with Gasteiger partial charge >= 0.3 is 0 Å².